The quantitative estimate of drug-likeness (QED) is 0.0653. The van der Waals surface area contributed by atoms with Crippen LogP contribution >= 0.6 is 27.5 Å². The van der Waals surface area contributed by atoms with E-state index in [1.807, 2.05) is 72.8 Å². The van der Waals surface area contributed by atoms with Crippen molar-refractivity contribution in [2.24, 2.45) is 10.1 Å². The highest BCUT2D eigenvalue weighted by Gasteiger charge is 2.53. The average Bonchev–Trinajstić information content (AvgIpc) is 3.45. The van der Waals surface area contributed by atoms with E-state index in [4.69, 9.17) is 36.7 Å². The molecule has 1 amide bonds. The number of ether oxygens (including phenoxy) is 2. The smallest absolute Gasteiger partial charge is 0.252 e. The number of nitrogens with one attached hydrogen (secondary N) is 1. The van der Waals surface area contributed by atoms with Crippen molar-refractivity contribution in [2.45, 2.75) is 37.6 Å². The second-order valence-corrected chi connectivity index (χ2v) is 11.8. The van der Waals surface area contributed by atoms with Crippen molar-refractivity contribution in [3.63, 3.8) is 0 Å². The number of aliphatic imine (C=N–C) groups is 1. The third-order valence-electron chi connectivity index (χ3n) is 7.43. The molecule has 1 aliphatic rings. The van der Waals surface area contributed by atoms with Crippen LogP contribution in [-0.2, 0) is 29.0 Å². The fraction of sp³-hybridized carbons (Fsp3) is 0.235. The molecule has 4 aromatic carbocycles. The Morgan fingerprint density at radius 2 is 1.76 bits per heavy atom. The van der Waals surface area contributed by atoms with E-state index >= 15 is 0 Å². The second-order valence-electron chi connectivity index (χ2n) is 10.5. The molecule has 0 spiro atoms. The Balaban J connectivity index is 1.59. The maximum absolute atomic E-state index is 14.5. The summed E-state index contributed by atoms with van der Waals surface area (Å²) >= 11 is 9.58. The molecule has 0 radical (unpaired) electrons. The third kappa shape index (κ3) is 7.85. The fourth-order valence-electron chi connectivity index (χ4n) is 5.15. The highest BCUT2D eigenvalue weighted by molar-refractivity contribution is 9.10. The van der Waals surface area contributed by atoms with E-state index < -0.39 is 11.6 Å². The van der Waals surface area contributed by atoms with Gasteiger partial charge in [-0.25, -0.2) is 4.99 Å². The third-order valence-corrected chi connectivity index (χ3v) is 8.21. The molecule has 230 valence electrons. The summed E-state index contributed by atoms with van der Waals surface area (Å²) in [5, 5.41) is 16.6. The first-order chi connectivity index (χ1) is 21.9. The summed E-state index contributed by atoms with van der Waals surface area (Å²) in [6.45, 7) is 0.783. The van der Waals surface area contributed by atoms with Gasteiger partial charge in [-0.15, -0.1) is 0 Å². The Hall–Kier alpha value is -4.34. The monoisotopic (exact) mass is 687 g/mol. The van der Waals surface area contributed by atoms with Crippen molar-refractivity contribution < 1.29 is 19.4 Å². The van der Waals surface area contributed by atoms with Gasteiger partial charge in [0, 0.05) is 46.0 Å². The van der Waals surface area contributed by atoms with E-state index in [1.165, 1.54) is 0 Å². The predicted molar refractivity (Wildman–Crippen MR) is 177 cm³/mol. The molecule has 0 aliphatic carbocycles. The van der Waals surface area contributed by atoms with Crippen LogP contribution < -0.4 is 10.1 Å². The molecule has 5 rings (SSSR count). The minimum Gasteiger partial charge on any atom is -0.494 e. The van der Waals surface area contributed by atoms with Gasteiger partial charge in [-0.2, -0.15) is 0 Å². The normalized spacial score (nSPS) is 17.1. The van der Waals surface area contributed by atoms with Crippen LogP contribution in [0.4, 0.5) is 0 Å². The van der Waals surface area contributed by atoms with Crippen molar-refractivity contribution in [3.05, 3.63) is 145 Å². The Kier molecular flexibility index (Phi) is 10.8. The number of amides is 1. The van der Waals surface area contributed by atoms with Crippen LogP contribution in [-0.4, -0.2) is 35.7 Å². The molecule has 0 saturated heterocycles. The summed E-state index contributed by atoms with van der Waals surface area (Å²) in [6.07, 6.45) is -0.0796. The van der Waals surface area contributed by atoms with E-state index in [9.17, 15) is 4.79 Å². The van der Waals surface area contributed by atoms with Crippen molar-refractivity contribution in [3.8, 4) is 5.75 Å². The number of aliphatic hydroxyl groups excluding tert-OH is 1. The summed E-state index contributed by atoms with van der Waals surface area (Å²) < 4.78 is 13.3. The van der Waals surface area contributed by atoms with Gasteiger partial charge in [0.2, 0.25) is 5.90 Å². The van der Waals surface area contributed by atoms with E-state index in [-0.39, 0.29) is 32.0 Å². The van der Waals surface area contributed by atoms with Gasteiger partial charge in [-0.05, 0) is 76.3 Å². The Labute approximate surface area is 274 Å². The minimum absolute atomic E-state index is 0.0474. The van der Waals surface area contributed by atoms with Crippen LogP contribution in [0, 0.1) is 0 Å². The van der Waals surface area contributed by atoms with Crippen LogP contribution in [0.5, 0.6) is 5.75 Å². The van der Waals surface area contributed by atoms with Gasteiger partial charge in [0.25, 0.3) is 5.91 Å². The highest BCUT2D eigenvalue weighted by Crippen LogP contribution is 2.44. The molecule has 1 aliphatic heterocycles. The van der Waals surface area contributed by atoms with Gasteiger partial charge in [-0.3, -0.25) is 4.79 Å². The van der Waals surface area contributed by atoms with Crippen LogP contribution in [0.1, 0.15) is 40.3 Å². The zero-order chi connectivity index (χ0) is 31.6. The number of carbonyl (C=O) groups excluding carboxylic acids is 1. The highest BCUT2D eigenvalue weighted by atomic mass is 79.9. The molecule has 2 atom stereocenters. The lowest BCUT2D eigenvalue weighted by Gasteiger charge is -2.32. The lowest BCUT2D eigenvalue weighted by Crippen LogP contribution is -2.49. The van der Waals surface area contributed by atoms with Gasteiger partial charge in [0.15, 0.2) is 11.6 Å². The number of rotatable bonds is 13. The van der Waals surface area contributed by atoms with Crippen molar-refractivity contribution in [1.29, 1.82) is 0 Å². The molecule has 2 N–H and O–H groups in total. The Morgan fingerprint density at radius 1 is 1.04 bits per heavy atom. The summed E-state index contributed by atoms with van der Waals surface area (Å²) in [5.74, 6) is 0.631. The van der Waals surface area contributed by atoms with E-state index in [0.717, 1.165) is 21.2 Å². The minimum atomic E-state index is -1.42. The van der Waals surface area contributed by atoms with E-state index in [1.54, 1.807) is 24.3 Å². The van der Waals surface area contributed by atoms with Crippen molar-refractivity contribution >= 4 is 39.3 Å². The molecule has 11 heteroatoms. The number of hydrogen-bond acceptors (Lipinski definition) is 6. The molecule has 1 heterocycles. The lowest BCUT2D eigenvalue weighted by atomic mass is 9.80. The molecule has 45 heavy (non-hydrogen) atoms. The fourth-order valence-corrected chi connectivity index (χ4v) is 5.54. The number of carbonyl (C=O) groups is 1. The zero-order valence-corrected chi connectivity index (χ0v) is 26.6. The molecular formula is C34H31BrClN5O4. The standard InChI is InChI=1S/C34H31BrClN5O4/c35-27-12-6-23(7-13-27)20-34(33(43)38-21-24-8-14-28(36)15-9-24)31(30-5-2-1-4-26(30)22-39-41-37)45-32(40-34)25-10-16-29(17-11-25)44-19-3-18-42/h1-2,4-17,31,42H,3,18-22H2,(H,38,43)/t31-,34-/m1/s1. The summed E-state index contributed by atoms with van der Waals surface area (Å²) in [6, 6.07) is 29.8. The van der Waals surface area contributed by atoms with E-state index in [2.05, 4.69) is 31.3 Å². The number of benzene rings is 4. The number of azide groups is 1. The molecule has 0 unspecified atom stereocenters. The molecule has 9 nitrogen and oxygen atoms in total. The SMILES string of the molecule is [N-]=[N+]=NCc1ccccc1[C@H]1OC(c2ccc(OCCCO)cc2)=N[C@@]1(Cc1ccc(Br)cc1)C(=O)NCc1ccc(Cl)cc1. The first kappa shape index (κ1) is 32.1. The second kappa shape index (κ2) is 15.1. The predicted octanol–water partition coefficient (Wildman–Crippen LogP) is 7.49. The van der Waals surface area contributed by atoms with Crippen LogP contribution in [0.15, 0.2) is 112 Å². The summed E-state index contributed by atoms with van der Waals surface area (Å²) in [7, 11) is 0. The lowest BCUT2D eigenvalue weighted by molar-refractivity contribution is -0.129. The van der Waals surface area contributed by atoms with Gasteiger partial charge in [-0.1, -0.05) is 81.2 Å². The van der Waals surface area contributed by atoms with Crippen LogP contribution in [0.25, 0.3) is 10.4 Å². The number of aliphatic hydroxyl groups is 1. The Bertz CT molecular complexity index is 1690. The van der Waals surface area contributed by atoms with Crippen molar-refractivity contribution in [1.82, 2.24) is 5.32 Å². The number of halogens is 2. The molecule has 4 aromatic rings. The average molecular weight is 689 g/mol. The van der Waals surface area contributed by atoms with Crippen LogP contribution in [0.3, 0.4) is 0 Å². The van der Waals surface area contributed by atoms with Gasteiger partial charge < -0.3 is 19.9 Å². The largest absolute Gasteiger partial charge is 0.494 e. The molecule has 0 aromatic heterocycles. The molecule has 0 saturated carbocycles. The van der Waals surface area contributed by atoms with Gasteiger partial charge in [0.05, 0.1) is 13.2 Å². The molecular weight excluding hydrogens is 658 g/mol. The first-order valence-electron chi connectivity index (χ1n) is 14.4. The van der Waals surface area contributed by atoms with Crippen LogP contribution in [0.2, 0.25) is 5.02 Å². The maximum Gasteiger partial charge on any atom is 0.252 e. The topological polar surface area (TPSA) is 129 Å². The molecule has 0 bridgehead atoms. The summed E-state index contributed by atoms with van der Waals surface area (Å²) in [4.78, 5) is 22.5. The number of nitrogens with zero attached hydrogens (tertiary/aromatic N) is 4. The van der Waals surface area contributed by atoms with Gasteiger partial charge in [0.1, 0.15) is 5.75 Å². The zero-order valence-electron chi connectivity index (χ0n) is 24.3. The molecule has 0 fully saturated rings. The maximum atomic E-state index is 14.5. The number of hydrogen-bond donors (Lipinski definition) is 2. The van der Waals surface area contributed by atoms with Gasteiger partial charge >= 0.3 is 0 Å². The summed E-state index contributed by atoms with van der Waals surface area (Å²) in [5.41, 5.74) is 11.5. The van der Waals surface area contributed by atoms with E-state index in [0.29, 0.717) is 40.8 Å². The van der Waals surface area contributed by atoms with Crippen molar-refractivity contribution in [2.75, 3.05) is 13.2 Å². The Morgan fingerprint density at radius 3 is 2.47 bits per heavy atom. The first-order valence-corrected chi connectivity index (χ1v) is 15.6.